The second-order valence-corrected chi connectivity index (χ2v) is 8.50. The number of unbranched alkanes of at least 4 members (excludes halogenated alkanes) is 2. The highest BCUT2D eigenvalue weighted by Crippen LogP contribution is 2.39. The fourth-order valence-electron chi connectivity index (χ4n) is 4.08. The molecule has 0 atom stereocenters. The zero-order valence-corrected chi connectivity index (χ0v) is 18.2. The average Bonchev–Trinajstić information content (AvgIpc) is 3.06. The van der Waals surface area contributed by atoms with Gasteiger partial charge in [0.05, 0.1) is 11.8 Å². The fraction of sp³-hybridized carbons (Fsp3) is 0.435. The molecule has 0 amide bonds. The van der Waals surface area contributed by atoms with E-state index in [1.807, 2.05) is 18.3 Å². The minimum atomic E-state index is -0.956. The molecular formula is C23H26ClN3O4. The van der Waals surface area contributed by atoms with Crippen molar-refractivity contribution < 1.29 is 14.6 Å². The third-order valence-electron chi connectivity index (χ3n) is 5.83. The Hall–Kier alpha value is -2.64. The zero-order valence-electron chi connectivity index (χ0n) is 17.5. The van der Waals surface area contributed by atoms with Crippen LogP contribution in [0.2, 0.25) is 5.02 Å². The largest absolute Gasteiger partial charge is 0.480 e. The minimum absolute atomic E-state index is 0.0579. The molecule has 1 aliphatic rings. The van der Waals surface area contributed by atoms with Gasteiger partial charge in [0.25, 0.3) is 5.56 Å². The number of hydrogen-bond donors (Lipinski definition) is 1. The number of nitrogens with zero attached hydrogens (tertiary/aromatic N) is 3. The number of aryl methyl sites for hydroxylation is 1. The van der Waals surface area contributed by atoms with Gasteiger partial charge < -0.3 is 14.4 Å². The summed E-state index contributed by atoms with van der Waals surface area (Å²) in [6, 6.07) is 8.86. The van der Waals surface area contributed by atoms with Crippen molar-refractivity contribution in [3.8, 4) is 11.3 Å². The fourth-order valence-corrected chi connectivity index (χ4v) is 4.21. The van der Waals surface area contributed by atoms with E-state index in [4.69, 9.17) is 26.4 Å². The minimum Gasteiger partial charge on any atom is -0.480 e. The third kappa shape index (κ3) is 4.67. The van der Waals surface area contributed by atoms with E-state index in [-0.39, 0.29) is 24.2 Å². The number of fused-ring (bicyclic) bond motifs is 1. The predicted molar refractivity (Wildman–Crippen MR) is 119 cm³/mol. The molecule has 3 aromatic rings. The van der Waals surface area contributed by atoms with Crippen molar-refractivity contribution in [2.45, 2.75) is 57.6 Å². The lowest BCUT2D eigenvalue weighted by Crippen LogP contribution is -2.32. The number of carboxylic acid groups (broad SMARTS) is 1. The summed E-state index contributed by atoms with van der Waals surface area (Å²) in [6.45, 7) is 2.67. The van der Waals surface area contributed by atoms with Crippen LogP contribution in [-0.2, 0) is 16.1 Å². The lowest BCUT2D eigenvalue weighted by Gasteiger charge is -2.35. The smallest absolute Gasteiger partial charge is 0.329 e. The zero-order chi connectivity index (χ0) is 22.0. The predicted octanol–water partition coefficient (Wildman–Crippen LogP) is 4.35. The van der Waals surface area contributed by atoms with Crippen LogP contribution >= 0.6 is 11.6 Å². The van der Waals surface area contributed by atoms with Crippen molar-refractivity contribution in [3.05, 3.63) is 57.6 Å². The van der Waals surface area contributed by atoms with Gasteiger partial charge >= 0.3 is 5.97 Å². The molecule has 0 bridgehead atoms. The van der Waals surface area contributed by atoms with Crippen LogP contribution in [0.5, 0.6) is 0 Å². The quantitative estimate of drug-likeness (QED) is 0.497. The molecule has 0 spiro atoms. The number of aliphatic carboxylic acids is 1. The highest BCUT2D eigenvalue weighted by molar-refractivity contribution is 6.30. The Bertz CT molecular complexity index is 1130. The summed E-state index contributed by atoms with van der Waals surface area (Å²) >= 11 is 6.00. The van der Waals surface area contributed by atoms with Gasteiger partial charge in [-0.15, -0.1) is 0 Å². The standard InChI is InChI=1S/C23H26ClN3O4/c1-2-3-4-9-26-20(16-10-18(11-16)31-14-22(29)30)13-27-21(28)12-19(25-23(26)27)15-5-7-17(24)8-6-15/h5-8,12-13,16,18H,2-4,9-11,14H2,1H3,(H,29,30). The maximum atomic E-state index is 12.9. The number of aromatic nitrogens is 3. The Balaban J connectivity index is 1.68. The Morgan fingerprint density at radius 2 is 2.00 bits per heavy atom. The van der Waals surface area contributed by atoms with E-state index < -0.39 is 5.97 Å². The van der Waals surface area contributed by atoms with Crippen molar-refractivity contribution in [3.63, 3.8) is 0 Å². The normalized spacial score (nSPS) is 18.3. The molecule has 1 aliphatic carbocycles. The molecule has 0 radical (unpaired) electrons. The van der Waals surface area contributed by atoms with Gasteiger partial charge in [-0.25, -0.2) is 9.78 Å². The number of carbonyl (C=O) groups is 1. The van der Waals surface area contributed by atoms with Crippen LogP contribution in [0.1, 0.15) is 50.6 Å². The first-order valence-corrected chi connectivity index (χ1v) is 11.1. The summed E-state index contributed by atoms with van der Waals surface area (Å²) in [6.07, 6.45) is 6.53. The van der Waals surface area contributed by atoms with Crippen molar-refractivity contribution in [2.75, 3.05) is 6.61 Å². The van der Waals surface area contributed by atoms with E-state index in [1.54, 1.807) is 22.6 Å². The Labute approximate surface area is 185 Å². The highest BCUT2D eigenvalue weighted by atomic mass is 35.5. The van der Waals surface area contributed by atoms with Crippen molar-refractivity contribution in [2.24, 2.45) is 0 Å². The molecule has 1 fully saturated rings. The number of carboxylic acids is 1. The molecule has 0 aliphatic heterocycles. The Kier molecular flexibility index (Phi) is 6.43. The van der Waals surface area contributed by atoms with Crippen LogP contribution in [0.15, 0.2) is 41.3 Å². The Morgan fingerprint density at radius 1 is 1.26 bits per heavy atom. The number of imidazole rings is 1. The topological polar surface area (TPSA) is 85.8 Å². The molecule has 4 rings (SSSR count). The molecule has 1 N–H and O–H groups in total. The van der Waals surface area contributed by atoms with E-state index in [0.29, 0.717) is 16.5 Å². The first-order valence-electron chi connectivity index (χ1n) is 10.7. The highest BCUT2D eigenvalue weighted by Gasteiger charge is 2.34. The summed E-state index contributed by atoms with van der Waals surface area (Å²) in [4.78, 5) is 28.5. The lowest BCUT2D eigenvalue weighted by molar-refractivity contribution is -0.146. The maximum absolute atomic E-state index is 12.9. The first kappa shape index (κ1) is 21.6. The van der Waals surface area contributed by atoms with Crippen molar-refractivity contribution >= 4 is 23.3 Å². The first-order chi connectivity index (χ1) is 15.0. The molecule has 31 heavy (non-hydrogen) atoms. The molecule has 0 saturated heterocycles. The van der Waals surface area contributed by atoms with Crippen LogP contribution in [0, 0.1) is 0 Å². The molecule has 1 saturated carbocycles. The summed E-state index contributed by atoms with van der Waals surface area (Å²) in [5, 5.41) is 9.44. The number of rotatable bonds is 9. The summed E-state index contributed by atoms with van der Waals surface area (Å²) < 4.78 is 9.17. The van der Waals surface area contributed by atoms with Crippen LogP contribution in [-0.4, -0.2) is 37.7 Å². The van der Waals surface area contributed by atoms with E-state index in [9.17, 15) is 9.59 Å². The maximum Gasteiger partial charge on any atom is 0.329 e. The van der Waals surface area contributed by atoms with E-state index in [2.05, 4.69) is 11.5 Å². The summed E-state index contributed by atoms with van der Waals surface area (Å²) in [5.41, 5.74) is 2.41. The monoisotopic (exact) mass is 443 g/mol. The van der Waals surface area contributed by atoms with Crippen molar-refractivity contribution in [1.29, 1.82) is 0 Å². The summed E-state index contributed by atoms with van der Waals surface area (Å²) in [5.74, 6) is -0.0958. The van der Waals surface area contributed by atoms with Gasteiger partial charge in [-0.3, -0.25) is 9.20 Å². The van der Waals surface area contributed by atoms with Crippen LogP contribution < -0.4 is 5.56 Å². The van der Waals surface area contributed by atoms with Gasteiger partial charge in [-0.2, -0.15) is 0 Å². The van der Waals surface area contributed by atoms with Gasteiger partial charge in [-0.1, -0.05) is 43.5 Å². The number of ether oxygens (including phenoxy) is 1. The molecule has 2 aromatic heterocycles. The van der Waals surface area contributed by atoms with Gasteiger partial charge in [0.15, 0.2) is 0 Å². The summed E-state index contributed by atoms with van der Waals surface area (Å²) in [7, 11) is 0. The molecule has 164 valence electrons. The van der Waals surface area contributed by atoms with Crippen LogP contribution in [0.4, 0.5) is 0 Å². The molecule has 8 heteroatoms. The molecule has 7 nitrogen and oxygen atoms in total. The Morgan fingerprint density at radius 3 is 2.68 bits per heavy atom. The van der Waals surface area contributed by atoms with E-state index in [0.717, 1.165) is 49.9 Å². The van der Waals surface area contributed by atoms with Gasteiger partial charge in [-0.05, 0) is 31.4 Å². The second kappa shape index (κ2) is 9.24. The van der Waals surface area contributed by atoms with E-state index >= 15 is 0 Å². The number of hydrogen-bond acceptors (Lipinski definition) is 4. The SMILES string of the molecule is CCCCCn1c(C2CC(OCC(=O)O)C2)cn2c(=O)cc(-c3ccc(Cl)cc3)nc12. The average molecular weight is 444 g/mol. The third-order valence-corrected chi connectivity index (χ3v) is 6.08. The molecule has 0 unspecified atom stereocenters. The van der Waals surface area contributed by atoms with Gasteiger partial charge in [0.1, 0.15) is 6.61 Å². The van der Waals surface area contributed by atoms with E-state index in [1.165, 1.54) is 0 Å². The molecule has 1 aromatic carbocycles. The van der Waals surface area contributed by atoms with Crippen LogP contribution in [0.25, 0.3) is 17.0 Å². The number of benzene rings is 1. The van der Waals surface area contributed by atoms with Crippen molar-refractivity contribution in [1.82, 2.24) is 14.0 Å². The number of halogens is 1. The van der Waals surface area contributed by atoms with Gasteiger partial charge in [0, 0.05) is 41.0 Å². The molecular weight excluding hydrogens is 418 g/mol. The molecule has 2 heterocycles. The van der Waals surface area contributed by atoms with Crippen LogP contribution in [0.3, 0.4) is 0 Å². The second-order valence-electron chi connectivity index (χ2n) is 8.06. The lowest BCUT2D eigenvalue weighted by atomic mass is 9.80. The van der Waals surface area contributed by atoms with Gasteiger partial charge in [0.2, 0.25) is 5.78 Å².